The summed E-state index contributed by atoms with van der Waals surface area (Å²) in [7, 11) is 0. The SMILES string of the molecule is O=C(Nc1ccc(C(=O)NC[C@H]2Cc3ccccc3O2)cc1)NC1CC1. The number of para-hydroxylation sites is 1. The van der Waals surface area contributed by atoms with Gasteiger partial charge in [0.05, 0.1) is 6.54 Å². The summed E-state index contributed by atoms with van der Waals surface area (Å²) < 4.78 is 5.82. The minimum absolute atomic E-state index is 0.0385. The number of urea groups is 1. The maximum absolute atomic E-state index is 12.3. The second-order valence-corrected chi connectivity index (χ2v) is 6.71. The number of carbonyl (C=O) groups is 2. The Balaban J connectivity index is 1.26. The molecule has 2 aliphatic rings. The van der Waals surface area contributed by atoms with Crippen molar-refractivity contribution in [2.45, 2.75) is 31.4 Å². The van der Waals surface area contributed by atoms with Crippen LogP contribution in [0.5, 0.6) is 5.75 Å². The molecule has 1 fully saturated rings. The molecule has 3 N–H and O–H groups in total. The summed E-state index contributed by atoms with van der Waals surface area (Å²) in [5.41, 5.74) is 2.38. The van der Waals surface area contributed by atoms with Gasteiger partial charge in [0.1, 0.15) is 11.9 Å². The van der Waals surface area contributed by atoms with Crippen molar-refractivity contribution in [1.82, 2.24) is 10.6 Å². The number of hydrogen-bond donors (Lipinski definition) is 3. The first-order valence-corrected chi connectivity index (χ1v) is 8.88. The molecule has 1 saturated carbocycles. The van der Waals surface area contributed by atoms with Gasteiger partial charge in [-0.15, -0.1) is 0 Å². The predicted molar refractivity (Wildman–Crippen MR) is 98.5 cm³/mol. The van der Waals surface area contributed by atoms with Crippen molar-refractivity contribution in [3.05, 3.63) is 59.7 Å². The van der Waals surface area contributed by atoms with Gasteiger partial charge < -0.3 is 20.7 Å². The van der Waals surface area contributed by atoms with E-state index in [1.807, 2.05) is 24.3 Å². The first-order chi connectivity index (χ1) is 12.7. The van der Waals surface area contributed by atoms with Crippen LogP contribution >= 0.6 is 0 Å². The summed E-state index contributed by atoms with van der Waals surface area (Å²) in [4.78, 5) is 24.0. The van der Waals surface area contributed by atoms with Crippen molar-refractivity contribution in [3.63, 3.8) is 0 Å². The standard InChI is InChI=1S/C20H21N3O3/c24-19(21-12-17-11-14-3-1-2-4-18(14)26-17)13-5-7-15(8-6-13)22-20(25)23-16-9-10-16/h1-8,16-17H,9-12H2,(H,21,24)(H2,22,23,25)/t17-/m1/s1. The number of fused-ring (bicyclic) bond motifs is 1. The van der Waals surface area contributed by atoms with Crippen molar-refractivity contribution >= 4 is 17.6 Å². The second-order valence-electron chi connectivity index (χ2n) is 6.71. The van der Waals surface area contributed by atoms with Crippen molar-refractivity contribution in [2.24, 2.45) is 0 Å². The molecule has 0 saturated heterocycles. The largest absolute Gasteiger partial charge is 0.488 e. The van der Waals surface area contributed by atoms with Crippen LogP contribution in [-0.2, 0) is 6.42 Å². The lowest BCUT2D eigenvalue weighted by molar-refractivity contribution is 0.0933. The van der Waals surface area contributed by atoms with Crippen molar-refractivity contribution in [1.29, 1.82) is 0 Å². The van der Waals surface area contributed by atoms with Crippen LogP contribution in [0.1, 0.15) is 28.8 Å². The highest BCUT2D eigenvalue weighted by molar-refractivity contribution is 5.95. The maximum Gasteiger partial charge on any atom is 0.319 e. The highest BCUT2D eigenvalue weighted by Gasteiger charge is 2.24. The van der Waals surface area contributed by atoms with E-state index in [1.54, 1.807) is 24.3 Å². The van der Waals surface area contributed by atoms with Gasteiger partial charge in [-0.05, 0) is 48.7 Å². The van der Waals surface area contributed by atoms with Crippen molar-refractivity contribution in [3.8, 4) is 5.75 Å². The molecular weight excluding hydrogens is 330 g/mol. The smallest absolute Gasteiger partial charge is 0.319 e. The number of carbonyl (C=O) groups excluding carboxylic acids is 2. The fourth-order valence-electron chi connectivity index (χ4n) is 2.96. The highest BCUT2D eigenvalue weighted by atomic mass is 16.5. The molecule has 0 radical (unpaired) electrons. The molecule has 134 valence electrons. The molecule has 6 heteroatoms. The van der Waals surface area contributed by atoms with E-state index in [0.29, 0.717) is 23.8 Å². The summed E-state index contributed by atoms with van der Waals surface area (Å²) in [5, 5.41) is 8.53. The molecule has 2 aromatic rings. The van der Waals surface area contributed by atoms with Gasteiger partial charge in [-0.25, -0.2) is 4.79 Å². The van der Waals surface area contributed by atoms with Crippen LogP contribution in [0, 0.1) is 0 Å². The fraction of sp³-hybridized carbons (Fsp3) is 0.300. The third-order valence-corrected chi connectivity index (χ3v) is 4.52. The Morgan fingerprint density at radius 2 is 1.81 bits per heavy atom. The zero-order valence-electron chi connectivity index (χ0n) is 14.3. The van der Waals surface area contributed by atoms with Gasteiger partial charge in [0.25, 0.3) is 5.91 Å². The Kier molecular flexibility index (Phi) is 4.48. The van der Waals surface area contributed by atoms with Crippen LogP contribution in [0.25, 0.3) is 0 Å². The van der Waals surface area contributed by atoms with Gasteiger partial charge in [-0.2, -0.15) is 0 Å². The molecular formula is C20H21N3O3. The van der Waals surface area contributed by atoms with E-state index in [9.17, 15) is 9.59 Å². The van der Waals surface area contributed by atoms with Crippen molar-refractivity contribution < 1.29 is 14.3 Å². The maximum atomic E-state index is 12.3. The number of anilines is 1. The number of rotatable bonds is 5. The molecule has 3 amide bonds. The summed E-state index contributed by atoms with van der Waals surface area (Å²) in [6.07, 6.45) is 2.85. The lowest BCUT2D eigenvalue weighted by atomic mass is 10.1. The lowest BCUT2D eigenvalue weighted by Crippen LogP contribution is -2.34. The zero-order chi connectivity index (χ0) is 17.9. The molecule has 2 aromatic carbocycles. The van der Waals surface area contributed by atoms with Crippen LogP contribution in [0.2, 0.25) is 0 Å². The van der Waals surface area contributed by atoms with Crippen LogP contribution in [0.3, 0.4) is 0 Å². The van der Waals surface area contributed by atoms with Gasteiger partial charge in [0.15, 0.2) is 0 Å². The molecule has 0 unspecified atom stereocenters. The number of ether oxygens (including phenoxy) is 1. The lowest BCUT2D eigenvalue weighted by Gasteiger charge is -2.12. The second kappa shape index (κ2) is 7.07. The number of nitrogens with one attached hydrogen (secondary N) is 3. The van der Waals surface area contributed by atoms with Gasteiger partial charge in [-0.3, -0.25) is 4.79 Å². The van der Waals surface area contributed by atoms with E-state index in [-0.39, 0.29) is 18.0 Å². The summed E-state index contributed by atoms with van der Waals surface area (Å²) in [6, 6.07) is 14.9. The third kappa shape index (κ3) is 3.96. The summed E-state index contributed by atoms with van der Waals surface area (Å²) in [5.74, 6) is 0.741. The Morgan fingerprint density at radius 3 is 2.54 bits per heavy atom. The Labute approximate surface area is 151 Å². The number of benzene rings is 2. The normalized spacial score (nSPS) is 17.8. The summed E-state index contributed by atoms with van der Waals surface area (Å²) in [6.45, 7) is 0.456. The van der Waals surface area contributed by atoms with Crippen LogP contribution in [-0.4, -0.2) is 30.6 Å². The number of hydrogen-bond acceptors (Lipinski definition) is 3. The molecule has 1 heterocycles. The molecule has 0 spiro atoms. The molecule has 6 nitrogen and oxygen atoms in total. The molecule has 26 heavy (non-hydrogen) atoms. The average molecular weight is 351 g/mol. The average Bonchev–Trinajstić information content (AvgIpc) is 3.35. The summed E-state index contributed by atoms with van der Waals surface area (Å²) >= 11 is 0. The highest BCUT2D eigenvalue weighted by Crippen LogP contribution is 2.27. The van der Waals surface area contributed by atoms with E-state index >= 15 is 0 Å². The first-order valence-electron chi connectivity index (χ1n) is 8.88. The Hall–Kier alpha value is -3.02. The molecule has 0 aromatic heterocycles. The predicted octanol–water partition coefficient (Wildman–Crippen LogP) is 2.70. The molecule has 4 rings (SSSR count). The van der Waals surface area contributed by atoms with Gasteiger partial charge in [-0.1, -0.05) is 18.2 Å². The van der Waals surface area contributed by atoms with E-state index in [4.69, 9.17) is 4.74 Å². The molecule has 1 aliphatic carbocycles. The molecule has 0 bridgehead atoms. The number of amides is 3. The van der Waals surface area contributed by atoms with E-state index in [1.165, 1.54) is 5.56 Å². The van der Waals surface area contributed by atoms with Crippen LogP contribution < -0.4 is 20.7 Å². The van der Waals surface area contributed by atoms with Gasteiger partial charge in [0, 0.05) is 23.7 Å². The Bertz CT molecular complexity index is 790. The van der Waals surface area contributed by atoms with E-state index in [0.717, 1.165) is 25.0 Å². The van der Waals surface area contributed by atoms with E-state index in [2.05, 4.69) is 16.0 Å². The third-order valence-electron chi connectivity index (χ3n) is 4.52. The quantitative estimate of drug-likeness (QED) is 0.775. The van der Waals surface area contributed by atoms with Gasteiger partial charge in [0.2, 0.25) is 0 Å². The molecule has 1 aliphatic heterocycles. The van der Waals surface area contributed by atoms with Crippen LogP contribution in [0.15, 0.2) is 48.5 Å². The minimum Gasteiger partial charge on any atom is -0.488 e. The zero-order valence-corrected chi connectivity index (χ0v) is 14.3. The fourth-order valence-corrected chi connectivity index (χ4v) is 2.96. The van der Waals surface area contributed by atoms with Crippen molar-refractivity contribution in [2.75, 3.05) is 11.9 Å². The monoisotopic (exact) mass is 351 g/mol. The topological polar surface area (TPSA) is 79.5 Å². The van der Waals surface area contributed by atoms with E-state index < -0.39 is 0 Å². The van der Waals surface area contributed by atoms with Gasteiger partial charge >= 0.3 is 6.03 Å². The first kappa shape index (κ1) is 16.4. The Morgan fingerprint density at radius 1 is 1.04 bits per heavy atom. The van der Waals surface area contributed by atoms with Crippen LogP contribution in [0.4, 0.5) is 10.5 Å². The molecule has 1 atom stereocenters. The minimum atomic E-state index is -0.206.